The molecule has 2 N–H and O–H groups in total. The first-order valence-electron chi connectivity index (χ1n) is 7.45. The number of hydrogen-bond donors (Lipinski definition) is 2. The van der Waals surface area contributed by atoms with E-state index in [1.54, 1.807) is 7.11 Å². The van der Waals surface area contributed by atoms with Crippen LogP contribution in [0.3, 0.4) is 0 Å². The molecule has 118 valence electrons. The molecular formula is C18H18N2O3. The van der Waals surface area contributed by atoms with Crippen LogP contribution in [0.1, 0.15) is 23.5 Å². The molecule has 23 heavy (non-hydrogen) atoms. The Hall–Kier alpha value is -2.66. The molecule has 0 bridgehead atoms. The minimum absolute atomic E-state index is 0.128. The third-order valence-corrected chi connectivity index (χ3v) is 3.85. The monoisotopic (exact) mass is 310 g/mol. The third-order valence-electron chi connectivity index (χ3n) is 3.85. The van der Waals surface area contributed by atoms with E-state index in [-0.39, 0.29) is 18.2 Å². The van der Waals surface area contributed by atoms with Crippen molar-refractivity contribution in [3.63, 3.8) is 0 Å². The maximum atomic E-state index is 12.2. The van der Waals surface area contributed by atoms with Crippen molar-refractivity contribution >= 4 is 23.2 Å². The highest BCUT2D eigenvalue weighted by atomic mass is 16.5. The molecule has 2 aromatic rings. The summed E-state index contributed by atoms with van der Waals surface area (Å²) in [5.74, 6) is -0.739. The summed E-state index contributed by atoms with van der Waals surface area (Å²) in [6, 6.07) is 14.9. The van der Waals surface area contributed by atoms with E-state index in [2.05, 4.69) is 10.6 Å². The first-order valence-corrected chi connectivity index (χ1v) is 7.45. The number of ether oxygens (including phenoxy) is 1. The normalized spacial score (nSPS) is 15.9. The molecule has 0 saturated carbocycles. The highest BCUT2D eigenvalue weighted by Crippen LogP contribution is 2.34. The van der Waals surface area contributed by atoms with Gasteiger partial charge >= 0.3 is 0 Å². The molecule has 1 aliphatic heterocycles. The Labute approximate surface area is 134 Å². The number of rotatable bonds is 5. The number of amides is 2. The fourth-order valence-electron chi connectivity index (χ4n) is 2.73. The van der Waals surface area contributed by atoms with Crippen LogP contribution < -0.4 is 10.6 Å². The van der Waals surface area contributed by atoms with Crippen molar-refractivity contribution in [1.29, 1.82) is 0 Å². The van der Waals surface area contributed by atoms with Gasteiger partial charge in [-0.05, 0) is 29.3 Å². The van der Waals surface area contributed by atoms with Crippen LogP contribution >= 0.6 is 0 Å². The van der Waals surface area contributed by atoms with Crippen LogP contribution in [0.4, 0.5) is 11.4 Å². The molecule has 5 nitrogen and oxygen atoms in total. The molecular weight excluding hydrogens is 292 g/mol. The lowest BCUT2D eigenvalue weighted by atomic mass is 9.97. The minimum atomic E-state index is -0.432. The maximum absolute atomic E-state index is 12.2. The first kappa shape index (κ1) is 15.2. The molecule has 0 saturated heterocycles. The lowest BCUT2D eigenvalue weighted by molar-refractivity contribution is -0.122. The number of carbonyl (C=O) groups is 2. The van der Waals surface area contributed by atoms with Crippen molar-refractivity contribution in [1.82, 2.24) is 0 Å². The van der Waals surface area contributed by atoms with Crippen LogP contribution in [-0.2, 0) is 20.9 Å². The lowest BCUT2D eigenvalue weighted by Gasteiger charge is -2.10. The molecule has 0 aromatic heterocycles. The standard InChI is InChI=1S/C18H18N2O3/c1-23-11-12-6-8-13(9-7-12)19-17(21)10-15-14-4-2-3-5-16(14)20-18(15)22/h2-9,15H,10-11H2,1H3,(H,19,21)(H,20,22). The zero-order valence-corrected chi connectivity index (χ0v) is 12.8. The van der Waals surface area contributed by atoms with Crippen LogP contribution in [0.15, 0.2) is 48.5 Å². The van der Waals surface area contributed by atoms with Crippen molar-refractivity contribution in [3.8, 4) is 0 Å². The second kappa shape index (κ2) is 6.62. The van der Waals surface area contributed by atoms with Crippen LogP contribution in [-0.4, -0.2) is 18.9 Å². The predicted molar refractivity (Wildman–Crippen MR) is 88.2 cm³/mol. The number of carbonyl (C=O) groups excluding carboxylic acids is 2. The summed E-state index contributed by atoms with van der Waals surface area (Å²) in [5.41, 5.74) is 3.42. The zero-order valence-electron chi connectivity index (χ0n) is 12.8. The molecule has 2 amide bonds. The van der Waals surface area contributed by atoms with Gasteiger partial charge in [-0.15, -0.1) is 0 Å². The number of methoxy groups -OCH3 is 1. The molecule has 1 unspecified atom stereocenters. The fraction of sp³-hybridized carbons (Fsp3) is 0.222. The summed E-state index contributed by atoms with van der Waals surface area (Å²) in [5, 5.41) is 5.64. The topological polar surface area (TPSA) is 67.4 Å². The molecule has 0 spiro atoms. The lowest BCUT2D eigenvalue weighted by Crippen LogP contribution is -2.20. The first-order chi connectivity index (χ1) is 11.2. The average Bonchev–Trinajstić information content (AvgIpc) is 2.85. The Balaban J connectivity index is 1.64. The molecule has 2 aromatic carbocycles. The van der Waals surface area contributed by atoms with Gasteiger partial charge in [0, 0.05) is 24.9 Å². The Morgan fingerprint density at radius 2 is 1.91 bits per heavy atom. The quantitative estimate of drug-likeness (QED) is 0.892. The Morgan fingerprint density at radius 3 is 2.65 bits per heavy atom. The van der Waals surface area contributed by atoms with Gasteiger partial charge in [0.05, 0.1) is 12.5 Å². The highest BCUT2D eigenvalue weighted by Gasteiger charge is 2.31. The highest BCUT2D eigenvalue weighted by molar-refractivity contribution is 6.06. The van der Waals surface area contributed by atoms with Crippen molar-refractivity contribution in [2.24, 2.45) is 0 Å². The van der Waals surface area contributed by atoms with Gasteiger partial charge in [0.1, 0.15) is 0 Å². The van der Waals surface area contributed by atoms with Crippen LogP contribution in [0, 0.1) is 0 Å². The van der Waals surface area contributed by atoms with Crippen LogP contribution in [0.5, 0.6) is 0 Å². The van der Waals surface area contributed by atoms with E-state index in [9.17, 15) is 9.59 Å². The van der Waals surface area contributed by atoms with Crippen molar-refractivity contribution in [3.05, 3.63) is 59.7 Å². The Kier molecular flexibility index (Phi) is 4.39. The SMILES string of the molecule is COCc1ccc(NC(=O)CC2C(=O)Nc3ccccc32)cc1. The smallest absolute Gasteiger partial charge is 0.232 e. The zero-order chi connectivity index (χ0) is 16.2. The molecule has 3 rings (SSSR count). The number of benzene rings is 2. The molecule has 0 fully saturated rings. The van der Waals surface area contributed by atoms with E-state index in [0.29, 0.717) is 12.3 Å². The van der Waals surface area contributed by atoms with Crippen molar-refractivity contribution in [2.45, 2.75) is 18.9 Å². The number of para-hydroxylation sites is 1. The van der Waals surface area contributed by atoms with E-state index in [0.717, 1.165) is 16.8 Å². The summed E-state index contributed by atoms with van der Waals surface area (Å²) in [6.07, 6.45) is 0.128. The van der Waals surface area contributed by atoms with Gasteiger partial charge in [-0.1, -0.05) is 30.3 Å². The molecule has 0 aliphatic carbocycles. The van der Waals surface area contributed by atoms with Crippen molar-refractivity contribution < 1.29 is 14.3 Å². The third kappa shape index (κ3) is 3.40. The molecule has 1 atom stereocenters. The number of anilines is 2. The van der Waals surface area contributed by atoms with Gasteiger partial charge < -0.3 is 15.4 Å². The van der Waals surface area contributed by atoms with E-state index in [1.165, 1.54) is 0 Å². The van der Waals surface area contributed by atoms with Crippen LogP contribution in [0.2, 0.25) is 0 Å². The molecule has 5 heteroatoms. The van der Waals surface area contributed by atoms with Crippen molar-refractivity contribution in [2.75, 3.05) is 17.7 Å². The molecule has 0 radical (unpaired) electrons. The van der Waals surface area contributed by atoms with Gasteiger partial charge in [0.25, 0.3) is 0 Å². The maximum Gasteiger partial charge on any atom is 0.232 e. The van der Waals surface area contributed by atoms with E-state index in [1.807, 2.05) is 48.5 Å². The van der Waals surface area contributed by atoms with Gasteiger partial charge in [0.2, 0.25) is 11.8 Å². The number of nitrogens with one attached hydrogen (secondary N) is 2. The fourth-order valence-corrected chi connectivity index (χ4v) is 2.73. The summed E-state index contributed by atoms with van der Waals surface area (Å²) in [7, 11) is 1.64. The number of fused-ring (bicyclic) bond motifs is 1. The van der Waals surface area contributed by atoms with E-state index < -0.39 is 5.92 Å². The predicted octanol–water partition coefficient (Wildman–Crippen LogP) is 2.90. The summed E-state index contributed by atoms with van der Waals surface area (Å²) in [4.78, 5) is 24.2. The van der Waals surface area contributed by atoms with Gasteiger partial charge in [-0.2, -0.15) is 0 Å². The minimum Gasteiger partial charge on any atom is -0.380 e. The summed E-state index contributed by atoms with van der Waals surface area (Å²) < 4.78 is 5.05. The van der Waals surface area contributed by atoms with E-state index >= 15 is 0 Å². The molecule has 1 aliphatic rings. The van der Waals surface area contributed by atoms with Gasteiger partial charge in [-0.3, -0.25) is 9.59 Å². The summed E-state index contributed by atoms with van der Waals surface area (Å²) in [6.45, 7) is 0.535. The largest absolute Gasteiger partial charge is 0.380 e. The number of hydrogen-bond acceptors (Lipinski definition) is 3. The van der Waals surface area contributed by atoms with E-state index in [4.69, 9.17) is 4.74 Å². The average molecular weight is 310 g/mol. The Morgan fingerprint density at radius 1 is 1.17 bits per heavy atom. The second-order valence-electron chi connectivity index (χ2n) is 5.51. The summed E-state index contributed by atoms with van der Waals surface area (Å²) >= 11 is 0. The van der Waals surface area contributed by atoms with Gasteiger partial charge in [0.15, 0.2) is 0 Å². The van der Waals surface area contributed by atoms with Gasteiger partial charge in [-0.25, -0.2) is 0 Å². The van der Waals surface area contributed by atoms with Crippen LogP contribution in [0.25, 0.3) is 0 Å². The molecule has 1 heterocycles. The Bertz CT molecular complexity index is 725. The second-order valence-corrected chi connectivity index (χ2v) is 5.51.